The van der Waals surface area contributed by atoms with Crippen LogP contribution in [0.4, 0.5) is 0 Å². The number of hydrogen-bond acceptors (Lipinski definition) is 5. The molecule has 6 nitrogen and oxygen atoms in total. The molecule has 1 aliphatic heterocycles. The van der Waals surface area contributed by atoms with Crippen molar-refractivity contribution < 1.29 is 12.8 Å². The molecule has 1 aromatic heterocycles. The van der Waals surface area contributed by atoms with Gasteiger partial charge in [0, 0.05) is 31.6 Å². The summed E-state index contributed by atoms with van der Waals surface area (Å²) in [4.78, 5) is 4.52. The Labute approximate surface area is 142 Å². The molecule has 1 aliphatic rings. The summed E-state index contributed by atoms with van der Waals surface area (Å²) < 4.78 is 32.1. The summed E-state index contributed by atoms with van der Waals surface area (Å²) in [5.74, 6) is 0.578. The summed E-state index contributed by atoms with van der Waals surface area (Å²) in [6.07, 6.45) is 3.24. The molecule has 1 fully saturated rings. The number of nitrogens with zero attached hydrogens (tertiary/aromatic N) is 2. The lowest BCUT2D eigenvalue weighted by Gasteiger charge is -2.22. The van der Waals surface area contributed by atoms with Crippen molar-refractivity contribution in [3.63, 3.8) is 0 Å². The van der Waals surface area contributed by atoms with Crippen molar-refractivity contribution in [1.82, 2.24) is 9.29 Å². The summed E-state index contributed by atoms with van der Waals surface area (Å²) in [5.41, 5.74) is 7.20. The zero-order chi connectivity index (χ0) is 15.7. The minimum atomic E-state index is -3.48. The number of halogens is 1. The van der Waals surface area contributed by atoms with Crippen molar-refractivity contribution in [2.45, 2.75) is 30.7 Å². The van der Waals surface area contributed by atoms with Gasteiger partial charge in [-0.3, -0.25) is 0 Å². The van der Waals surface area contributed by atoms with Gasteiger partial charge in [-0.1, -0.05) is 12.1 Å². The van der Waals surface area contributed by atoms with Crippen LogP contribution in [0, 0.1) is 6.92 Å². The van der Waals surface area contributed by atoms with Crippen LogP contribution >= 0.6 is 12.4 Å². The van der Waals surface area contributed by atoms with E-state index >= 15 is 0 Å². The van der Waals surface area contributed by atoms with Gasteiger partial charge in [0.25, 0.3) is 0 Å². The van der Waals surface area contributed by atoms with Gasteiger partial charge < -0.3 is 10.2 Å². The molecule has 126 valence electrons. The molecule has 2 heterocycles. The highest BCUT2D eigenvalue weighted by Gasteiger charge is 2.34. The normalized spacial score (nSPS) is 18.8. The lowest BCUT2D eigenvalue weighted by molar-refractivity contribution is 0.393. The molecule has 23 heavy (non-hydrogen) atoms. The van der Waals surface area contributed by atoms with E-state index in [1.54, 1.807) is 37.5 Å². The number of aromatic nitrogens is 1. The quantitative estimate of drug-likeness (QED) is 0.905. The Hall–Kier alpha value is -1.41. The molecule has 1 saturated heterocycles. The van der Waals surface area contributed by atoms with Crippen molar-refractivity contribution in [3.8, 4) is 11.3 Å². The molecule has 0 radical (unpaired) electrons. The monoisotopic (exact) mass is 357 g/mol. The SMILES string of the molecule is Cc1nc(-c2ccc(S(=O)(=O)N3CCCC3CN)cc2)co1.Cl. The highest BCUT2D eigenvalue weighted by atomic mass is 35.5. The van der Waals surface area contributed by atoms with Crippen LogP contribution in [0.5, 0.6) is 0 Å². The summed E-state index contributed by atoms with van der Waals surface area (Å²) in [5, 5.41) is 0. The van der Waals surface area contributed by atoms with Gasteiger partial charge in [0.15, 0.2) is 5.89 Å². The number of benzene rings is 1. The highest BCUT2D eigenvalue weighted by Crippen LogP contribution is 2.27. The second-order valence-electron chi connectivity index (χ2n) is 5.42. The van der Waals surface area contributed by atoms with E-state index in [0.29, 0.717) is 24.7 Å². The third kappa shape index (κ3) is 3.42. The van der Waals surface area contributed by atoms with E-state index in [9.17, 15) is 8.42 Å². The number of sulfonamides is 1. The van der Waals surface area contributed by atoms with Crippen LogP contribution in [0.15, 0.2) is 39.8 Å². The first-order valence-electron chi connectivity index (χ1n) is 7.27. The molecule has 0 spiro atoms. The largest absolute Gasteiger partial charge is 0.449 e. The Bertz CT molecular complexity index is 759. The first-order chi connectivity index (χ1) is 10.5. The number of rotatable bonds is 4. The highest BCUT2D eigenvalue weighted by molar-refractivity contribution is 7.89. The summed E-state index contributed by atoms with van der Waals surface area (Å²) in [7, 11) is -3.48. The molecule has 3 rings (SSSR count). The third-order valence-corrected chi connectivity index (χ3v) is 5.94. The van der Waals surface area contributed by atoms with Crippen LogP contribution in [0.3, 0.4) is 0 Å². The van der Waals surface area contributed by atoms with Crippen LogP contribution in [-0.2, 0) is 10.0 Å². The molecular formula is C15H20ClN3O3S. The van der Waals surface area contributed by atoms with Crippen LogP contribution < -0.4 is 5.73 Å². The molecule has 1 atom stereocenters. The van der Waals surface area contributed by atoms with Gasteiger partial charge >= 0.3 is 0 Å². The van der Waals surface area contributed by atoms with Gasteiger partial charge in [-0.15, -0.1) is 12.4 Å². The molecule has 1 unspecified atom stereocenters. The minimum Gasteiger partial charge on any atom is -0.449 e. The fraction of sp³-hybridized carbons (Fsp3) is 0.400. The van der Waals surface area contributed by atoms with Gasteiger partial charge in [0.05, 0.1) is 4.90 Å². The maximum atomic E-state index is 12.7. The predicted octanol–water partition coefficient (Wildman–Crippen LogP) is 2.18. The number of nitrogens with two attached hydrogens (primary N) is 1. The lowest BCUT2D eigenvalue weighted by Crippen LogP contribution is -2.39. The molecule has 0 bridgehead atoms. The van der Waals surface area contributed by atoms with E-state index in [1.165, 1.54) is 4.31 Å². The van der Waals surface area contributed by atoms with Gasteiger partial charge in [0.2, 0.25) is 10.0 Å². The molecule has 1 aromatic carbocycles. The lowest BCUT2D eigenvalue weighted by atomic mass is 10.2. The van der Waals surface area contributed by atoms with E-state index in [-0.39, 0.29) is 23.3 Å². The van der Waals surface area contributed by atoms with Crippen LogP contribution in [0.1, 0.15) is 18.7 Å². The fourth-order valence-corrected chi connectivity index (χ4v) is 4.49. The maximum Gasteiger partial charge on any atom is 0.243 e. The van der Waals surface area contributed by atoms with Crippen LogP contribution in [-0.4, -0.2) is 36.8 Å². The molecule has 2 aromatic rings. The second kappa shape index (κ2) is 7.00. The second-order valence-corrected chi connectivity index (χ2v) is 7.31. The zero-order valence-corrected chi connectivity index (χ0v) is 14.4. The fourth-order valence-electron chi connectivity index (χ4n) is 2.79. The van der Waals surface area contributed by atoms with Crippen molar-refractivity contribution in [2.75, 3.05) is 13.1 Å². The Balaban J connectivity index is 0.00000192. The molecule has 2 N–H and O–H groups in total. The number of aryl methyl sites for hydroxylation is 1. The Morgan fingerprint density at radius 2 is 2.04 bits per heavy atom. The average Bonchev–Trinajstić information content (AvgIpc) is 3.16. The smallest absolute Gasteiger partial charge is 0.243 e. The number of hydrogen-bond donors (Lipinski definition) is 1. The van der Waals surface area contributed by atoms with Gasteiger partial charge in [0.1, 0.15) is 12.0 Å². The molecule has 0 saturated carbocycles. The van der Waals surface area contributed by atoms with Gasteiger partial charge in [-0.05, 0) is 25.0 Å². The molecule has 0 amide bonds. The van der Waals surface area contributed by atoms with E-state index in [1.807, 2.05) is 0 Å². The average molecular weight is 358 g/mol. The zero-order valence-electron chi connectivity index (χ0n) is 12.8. The number of oxazole rings is 1. The summed E-state index contributed by atoms with van der Waals surface area (Å²) in [6, 6.07) is 6.62. The van der Waals surface area contributed by atoms with E-state index in [4.69, 9.17) is 10.2 Å². The Morgan fingerprint density at radius 3 is 2.61 bits per heavy atom. The molecular weight excluding hydrogens is 338 g/mol. The summed E-state index contributed by atoms with van der Waals surface area (Å²) in [6.45, 7) is 2.66. The Kier molecular flexibility index (Phi) is 5.46. The van der Waals surface area contributed by atoms with Crippen molar-refractivity contribution >= 4 is 22.4 Å². The first kappa shape index (κ1) is 17.9. The van der Waals surface area contributed by atoms with Crippen molar-refractivity contribution in [1.29, 1.82) is 0 Å². The molecule has 8 heteroatoms. The van der Waals surface area contributed by atoms with Crippen molar-refractivity contribution in [3.05, 3.63) is 36.4 Å². The topological polar surface area (TPSA) is 89.4 Å². The first-order valence-corrected chi connectivity index (χ1v) is 8.71. The predicted molar refractivity (Wildman–Crippen MR) is 89.9 cm³/mol. The molecule has 0 aliphatic carbocycles. The third-order valence-electron chi connectivity index (χ3n) is 3.97. The summed E-state index contributed by atoms with van der Waals surface area (Å²) >= 11 is 0. The van der Waals surface area contributed by atoms with Crippen LogP contribution in [0.25, 0.3) is 11.3 Å². The van der Waals surface area contributed by atoms with E-state index in [2.05, 4.69) is 4.98 Å². The van der Waals surface area contributed by atoms with Crippen molar-refractivity contribution in [2.24, 2.45) is 5.73 Å². The minimum absolute atomic E-state index is 0. The Morgan fingerprint density at radius 1 is 1.35 bits per heavy atom. The van der Waals surface area contributed by atoms with Gasteiger partial charge in [-0.2, -0.15) is 4.31 Å². The van der Waals surface area contributed by atoms with E-state index < -0.39 is 10.0 Å². The standard InChI is InChI=1S/C15H19N3O3S.ClH/c1-11-17-15(10-21-11)12-4-6-14(7-5-12)22(19,20)18-8-2-3-13(18)9-16;/h4-7,10,13H,2-3,8-9,16H2,1H3;1H. The van der Waals surface area contributed by atoms with Gasteiger partial charge in [-0.25, -0.2) is 13.4 Å². The van der Waals surface area contributed by atoms with Crippen LogP contribution in [0.2, 0.25) is 0 Å². The maximum absolute atomic E-state index is 12.7. The van der Waals surface area contributed by atoms with E-state index in [0.717, 1.165) is 18.4 Å².